The number of hydrogen-bond acceptors (Lipinski definition) is 3. The maximum absolute atomic E-state index is 13.2. The van der Waals surface area contributed by atoms with Gasteiger partial charge in [-0.3, -0.25) is 9.59 Å². The summed E-state index contributed by atoms with van der Waals surface area (Å²) in [6, 6.07) is 17.0. The van der Waals surface area contributed by atoms with Crippen LogP contribution in [0.2, 0.25) is 0 Å². The van der Waals surface area contributed by atoms with Gasteiger partial charge < -0.3 is 10.0 Å². The maximum Gasteiger partial charge on any atom is 0.311 e. The number of amides is 1. The first-order valence-electron chi connectivity index (χ1n) is 8.20. The average Bonchev–Trinajstić information content (AvgIpc) is 3.04. The molecule has 1 aromatic heterocycles. The van der Waals surface area contributed by atoms with E-state index in [1.807, 2.05) is 61.5 Å². The highest BCUT2D eigenvalue weighted by molar-refractivity contribution is 7.20. The summed E-state index contributed by atoms with van der Waals surface area (Å²) in [7, 11) is 0. The molecule has 2 atom stereocenters. The summed E-state index contributed by atoms with van der Waals surface area (Å²) in [4.78, 5) is 27.3. The minimum absolute atomic E-state index is 0.0648. The summed E-state index contributed by atoms with van der Waals surface area (Å²) in [5.74, 6) is -1.48. The van der Waals surface area contributed by atoms with Gasteiger partial charge in [-0.1, -0.05) is 36.4 Å². The molecule has 0 saturated carbocycles. The topological polar surface area (TPSA) is 57.6 Å². The van der Waals surface area contributed by atoms with Gasteiger partial charge in [-0.25, -0.2) is 0 Å². The fourth-order valence-corrected chi connectivity index (χ4v) is 4.56. The van der Waals surface area contributed by atoms with E-state index in [4.69, 9.17) is 0 Å². The first-order chi connectivity index (χ1) is 12.1. The second-order valence-electron chi connectivity index (χ2n) is 6.36. The Morgan fingerprint density at radius 1 is 1.12 bits per heavy atom. The van der Waals surface area contributed by atoms with Crippen LogP contribution in [0, 0.1) is 0 Å². The highest BCUT2D eigenvalue weighted by atomic mass is 32.1. The Morgan fingerprint density at radius 3 is 2.60 bits per heavy atom. The lowest BCUT2D eigenvalue weighted by Crippen LogP contribution is -2.44. The van der Waals surface area contributed by atoms with Crippen molar-refractivity contribution in [1.82, 2.24) is 0 Å². The van der Waals surface area contributed by atoms with Gasteiger partial charge in [0.2, 0.25) is 0 Å². The first kappa shape index (κ1) is 15.8. The molecule has 1 aliphatic rings. The molecule has 5 heteroatoms. The van der Waals surface area contributed by atoms with Crippen LogP contribution in [0.1, 0.15) is 34.5 Å². The second-order valence-corrected chi connectivity index (χ2v) is 7.44. The standard InChI is InChI=1S/C20H17NO3S/c1-12-10-15(20(23)24)14-7-3-4-8-16(14)21(12)19(22)18-11-13-6-2-5-9-17(13)25-18/h2-9,11-12,15H,10H2,1H3,(H,23,24)/t12-,15?/m0/s1. The molecule has 4 nitrogen and oxygen atoms in total. The van der Waals surface area contributed by atoms with E-state index in [0.29, 0.717) is 22.5 Å². The molecule has 0 radical (unpaired) electrons. The third-order valence-corrected chi connectivity index (χ3v) is 5.85. The van der Waals surface area contributed by atoms with E-state index in [9.17, 15) is 14.7 Å². The Hall–Kier alpha value is -2.66. The molecule has 0 spiro atoms. The molecular formula is C20H17NO3S. The molecule has 2 aromatic carbocycles. The fraction of sp³-hybridized carbons (Fsp3) is 0.200. The lowest BCUT2D eigenvalue weighted by atomic mass is 9.86. The molecule has 25 heavy (non-hydrogen) atoms. The van der Waals surface area contributed by atoms with E-state index >= 15 is 0 Å². The summed E-state index contributed by atoms with van der Waals surface area (Å²) in [6.07, 6.45) is 0.420. The number of carboxylic acid groups (broad SMARTS) is 1. The van der Waals surface area contributed by atoms with Crippen LogP contribution in [0.4, 0.5) is 5.69 Å². The van der Waals surface area contributed by atoms with E-state index in [-0.39, 0.29) is 11.9 Å². The maximum atomic E-state index is 13.2. The van der Waals surface area contributed by atoms with Crippen LogP contribution < -0.4 is 4.90 Å². The van der Waals surface area contributed by atoms with E-state index < -0.39 is 11.9 Å². The molecule has 126 valence electrons. The molecule has 0 bridgehead atoms. The highest BCUT2D eigenvalue weighted by Crippen LogP contribution is 2.40. The van der Waals surface area contributed by atoms with Gasteiger partial charge in [-0.2, -0.15) is 0 Å². The zero-order valence-corrected chi connectivity index (χ0v) is 14.5. The minimum Gasteiger partial charge on any atom is -0.481 e. The largest absolute Gasteiger partial charge is 0.481 e. The smallest absolute Gasteiger partial charge is 0.311 e. The van der Waals surface area contributed by atoms with Crippen molar-refractivity contribution in [1.29, 1.82) is 0 Å². The van der Waals surface area contributed by atoms with Crippen LogP contribution in [-0.4, -0.2) is 23.0 Å². The molecule has 4 rings (SSSR count). The summed E-state index contributed by atoms with van der Waals surface area (Å²) < 4.78 is 1.08. The molecule has 3 aromatic rings. The fourth-order valence-electron chi connectivity index (χ4n) is 3.56. The number of carbonyl (C=O) groups excluding carboxylic acids is 1. The number of fused-ring (bicyclic) bond motifs is 2. The van der Waals surface area contributed by atoms with Gasteiger partial charge in [0.15, 0.2) is 0 Å². The van der Waals surface area contributed by atoms with Crippen LogP contribution in [0.3, 0.4) is 0 Å². The van der Waals surface area contributed by atoms with Crippen molar-refractivity contribution in [2.45, 2.75) is 25.3 Å². The Balaban J connectivity index is 1.79. The molecular weight excluding hydrogens is 334 g/mol. The summed E-state index contributed by atoms with van der Waals surface area (Å²) in [5, 5.41) is 10.6. The second kappa shape index (κ2) is 6.01. The number of anilines is 1. The Labute approximate surface area is 149 Å². The summed E-state index contributed by atoms with van der Waals surface area (Å²) in [5.41, 5.74) is 1.42. The third-order valence-electron chi connectivity index (χ3n) is 4.74. The van der Waals surface area contributed by atoms with Crippen LogP contribution in [0.25, 0.3) is 10.1 Å². The van der Waals surface area contributed by atoms with Gasteiger partial charge in [-0.15, -0.1) is 11.3 Å². The van der Waals surface area contributed by atoms with Crippen molar-refractivity contribution in [2.24, 2.45) is 0 Å². The van der Waals surface area contributed by atoms with E-state index in [0.717, 1.165) is 10.1 Å². The van der Waals surface area contributed by atoms with Crippen molar-refractivity contribution in [2.75, 3.05) is 4.90 Å². The van der Waals surface area contributed by atoms with Gasteiger partial charge in [0.25, 0.3) is 5.91 Å². The molecule has 1 N–H and O–H groups in total. The van der Waals surface area contributed by atoms with Crippen molar-refractivity contribution in [3.63, 3.8) is 0 Å². The zero-order valence-electron chi connectivity index (χ0n) is 13.7. The minimum atomic E-state index is -0.840. The van der Waals surface area contributed by atoms with Gasteiger partial charge in [0.05, 0.1) is 10.8 Å². The lowest BCUT2D eigenvalue weighted by molar-refractivity contribution is -0.139. The number of aliphatic carboxylic acids is 1. The number of nitrogens with zero attached hydrogens (tertiary/aromatic N) is 1. The van der Waals surface area contributed by atoms with Crippen LogP contribution >= 0.6 is 11.3 Å². The number of hydrogen-bond donors (Lipinski definition) is 1. The predicted octanol–water partition coefficient (Wildman–Crippen LogP) is 4.51. The van der Waals surface area contributed by atoms with Crippen molar-refractivity contribution in [3.8, 4) is 0 Å². The van der Waals surface area contributed by atoms with Gasteiger partial charge in [0.1, 0.15) is 0 Å². The molecule has 1 unspecified atom stereocenters. The molecule has 0 fully saturated rings. The quantitative estimate of drug-likeness (QED) is 0.739. The monoisotopic (exact) mass is 351 g/mol. The van der Waals surface area contributed by atoms with Crippen molar-refractivity contribution < 1.29 is 14.7 Å². The Kier molecular flexibility index (Phi) is 3.81. The average molecular weight is 351 g/mol. The summed E-state index contributed by atoms with van der Waals surface area (Å²) >= 11 is 1.48. The third kappa shape index (κ3) is 2.61. The zero-order chi connectivity index (χ0) is 17.6. The van der Waals surface area contributed by atoms with E-state index in [1.54, 1.807) is 4.90 Å². The van der Waals surface area contributed by atoms with E-state index in [1.165, 1.54) is 11.3 Å². The lowest BCUT2D eigenvalue weighted by Gasteiger charge is -2.37. The molecule has 1 aliphatic heterocycles. The number of rotatable bonds is 2. The highest BCUT2D eigenvalue weighted by Gasteiger charge is 2.37. The Bertz CT molecular complexity index is 945. The first-order valence-corrected chi connectivity index (χ1v) is 9.02. The number of carbonyl (C=O) groups is 2. The number of benzene rings is 2. The summed E-state index contributed by atoms with van der Waals surface area (Å²) in [6.45, 7) is 1.91. The van der Waals surface area contributed by atoms with Gasteiger partial charge >= 0.3 is 5.97 Å². The van der Waals surface area contributed by atoms with E-state index in [2.05, 4.69) is 0 Å². The van der Waals surface area contributed by atoms with Crippen LogP contribution in [-0.2, 0) is 4.79 Å². The van der Waals surface area contributed by atoms with Crippen LogP contribution in [0.15, 0.2) is 54.6 Å². The SMILES string of the molecule is C[C@H]1CC(C(=O)O)c2ccccc2N1C(=O)c1cc2ccccc2s1. The molecule has 1 amide bonds. The van der Waals surface area contributed by atoms with Crippen molar-refractivity contribution in [3.05, 3.63) is 65.0 Å². The Morgan fingerprint density at radius 2 is 1.84 bits per heavy atom. The van der Waals surface area contributed by atoms with Crippen molar-refractivity contribution >= 4 is 39.0 Å². The van der Waals surface area contributed by atoms with Gasteiger partial charge in [-0.05, 0) is 42.5 Å². The number of para-hydroxylation sites is 1. The van der Waals surface area contributed by atoms with Crippen LogP contribution in [0.5, 0.6) is 0 Å². The molecule has 0 aliphatic carbocycles. The van der Waals surface area contributed by atoms with Gasteiger partial charge in [0, 0.05) is 16.4 Å². The molecule has 0 saturated heterocycles. The number of carboxylic acids is 1. The number of thiophene rings is 1. The predicted molar refractivity (Wildman–Crippen MR) is 99.5 cm³/mol. The molecule has 2 heterocycles. The normalized spacial score (nSPS) is 19.6.